The molecule has 8 heteroatoms. The van der Waals surface area contributed by atoms with Crippen molar-refractivity contribution in [2.24, 2.45) is 0 Å². The van der Waals surface area contributed by atoms with Crippen molar-refractivity contribution in [3.05, 3.63) is 52.6 Å². The SMILES string of the molecule is Nc1cnc(Cl)c(C(=O)Nc2cc(F)c(F)c(F)c2)c1. The standard InChI is InChI=1S/C12H7ClF3N3O/c13-11-7(1-5(17)4-18-11)12(20)19-6-2-8(14)10(16)9(15)3-6/h1-4H,17H2,(H,19,20). The summed E-state index contributed by atoms with van der Waals surface area (Å²) in [5.41, 5.74) is 5.32. The van der Waals surface area contributed by atoms with Gasteiger partial charge in [-0.25, -0.2) is 18.2 Å². The molecule has 4 nitrogen and oxygen atoms in total. The van der Waals surface area contributed by atoms with E-state index in [0.717, 1.165) is 0 Å². The van der Waals surface area contributed by atoms with E-state index in [1.165, 1.54) is 12.3 Å². The summed E-state index contributed by atoms with van der Waals surface area (Å²) in [6.45, 7) is 0. The van der Waals surface area contributed by atoms with Gasteiger partial charge in [-0.3, -0.25) is 4.79 Å². The molecule has 0 atom stereocenters. The number of hydrogen-bond donors (Lipinski definition) is 2. The van der Waals surface area contributed by atoms with Gasteiger partial charge in [0.1, 0.15) is 5.15 Å². The van der Waals surface area contributed by atoms with Crippen LogP contribution in [0.2, 0.25) is 5.15 Å². The molecule has 0 saturated carbocycles. The van der Waals surface area contributed by atoms with E-state index in [2.05, 4.69) is 10.3 Å². The number of rotatable bonds is 2. The summed E-state index contributed by atoms with van der Waals surface area (Å²) < 4.78 is 38.8. The Labute approximate surface area is 116 Å². The Morgan fingerprint density at radius 2 is 1.80 bits per heavy atom. The maximum atomic E-state index is 13.0. The zero-order valence-corrected chi connectivity index (χ0v) is 10.5. The fourth-order valence-corrected chi connectivity index (χ4v) is 1.64. The predicted octanol–water partition coefficient (Wildman–Crippen LogP) is 2.99. The molecule has 0 spiro atoms. The van der Waals surface area contributed by atoms with Gasteiger partial charge in [-0.1, -0.05) is 11.6 Å². The average Bonchev–Trinajstić information content (AvgIpc) is 2.38. The van der Waals surface area contributed by atoms with Crippen LogP contribution in [0.15, 0.2) is 24.4 Å². The molecule has 2 rings (SSSR count). The van der Waals surface area contributed by atoms with Gasteiger partial charge in [-0.05, 0) is 6.07 Å². The predicted molar refractivity (Wildman–Crippen MR) is 67.9 cm³/mol. The molecule has 0 bridgehead atoms. The summed E-state index contributed by atoms with van der Waals surface area (Å²) in [7, 11) is 0. The van der Waals surface area contributed by atoms with Crippen LogP contribution >= 0.6 is 11.6 Å². The third-order valence-electron chi connectivity index (χ3n) is 2.35. The van der Waals surface area contributed by atoms with E-state index >= 15 is 0 Å². The summed E-state index contributed by atoms with van der Waals surface area (Å²) in [6, 6.07) is 2.54. The first kappa shape index (κ1) is 14.1. The van der Waals surface area contributed by atoms with Crippen LogP contribution in [0, 0.1) is 17.5 Å². The smallest absolute Gasteiger partial charge is 0.258 e. The van der Waals surface area contributed by atoms with Gasteiger partial charge in [0, 0.05) is 17.8 Å². The minimum absolute atomic E-state index is 0.0724. The van der Waals surface area contributed by atoms with Crippen LogP contribution < -0.4 is 11.1 Å². The largest absolute Gasteiger partial charge is 0.397 e. The van der Waals surface area contributed by atoms with Crippen molar-refractivity contribution in [1.82, 2.24) is 4.98 Å². The lowest BCUT2D eigenvalue weighted by atomic mass is 10.2. The van der Waals surface area contributed by atoms with E-state index in [1.54, 1.807) is 0 Å². The zero-order valence-electron chi connectivity index (χ0n) is 9.75. The molecule has 0 aliphatic carbocycles. The van der Waals surface area contributed by atoms with E-state index in [4.69, 9.17) is 17.3 Å². The molecule has 1 amide bonds. The molecule has 1 aromatic carbocycles. The van der Waals surface area contributed by atoms with Gasteiger partial charge in [0.05, 0.1) is 17.4 Å². The maximum Gasteiger partial charge on any atom is 0.258 e. The van der Waals surface area contributed by atoms with Crippen LogP contribution in [0.3, 0.4) is 0 Å². The number of nitrogens with two attached hydrogens (primary N) is 1. The Balaban J connectivity index is 2.30. The van der Waals surface area contributed by atoms with Crippen molar-refractivity contribution in [3.8, 4) is 0 Å². The third kappa shape index (κ3) is 2.83. The molecule has 3 N–H and O–H groups in total. The second-order valence-corrected chi connectivity index (χ2v) is 4.17. The molecule has 0 fully saturated rings. The summed E-state index contributed by atoms with van der Waals surface area (Å²) in [5.74, 6) is -5.24. The first-order valence-corrected chi connectivity index (χ1v) is 5.63. The van der Waals surface area contributed by atoms with E-state index in [-0.39, 0.29) is 22.1 Å². The van der Waals surface area contributed by atoms with E-state index in [1.807, 2.05) is 0 Å². The van der Waals surface area contributed by atoms with E-state index in [0.29, 0.717) is 12.1 Å². The Morgan fingerprint density at radius 3 is 2.40 bits per heavy atom. The molecule has 0 saturated heterocycles. The summed E-state index contributed by atoms with van der Waals surface area (Å²) >= 11 is 5.71. The quantitative estimate of drug-likeness (QED) is 0.662. The number of anilines is 2. The fourth-order valence-electron chi connectivity index (χ4n) is 1.45. The van der Waals surface area contributed by atoms with Gasteiger partial charge < -0.3 is 11.1 Å². The molecule has 104 valence electrons. The van der Waals surface area contributed by atoms with Gasteiger partial charge in [0.15, 0.2) is 17.5 Å². The minimum Gasteiger partial charge on any atom is -0.397 e. The van der Waals surface area contributed by atoms with Gasteiger partial charge >= 0.3 is 0 Å². The second kappa shape index (κ2) is 5.38. The van der Waals surface area contributed by atoms with Gasteiger partial charge in [0.2, 0.25) is 0 Å². The van der Waals surface area contributed by atoms with Crippen LogP contribution in [0.1, 0.15) is 10.4 Å². The first-order chi connectivity index (χ1) is 9.38. The third-order valence-corrected chi connectivity index (χ3v) is 2.65. The Kier molecular flexibility index (Phi) is 3.80. The monoisotopic (exact) mass is 301 g/mol. The number of carbonyl (C=O) groups excluding carboxylic acids is 1. The number of nitrogens with one attached hydrogen (secondary N) is 1. The summed E-state index contributed by atoms with van der Waals surface area (Å²) in [5, 5.41) is 2.04. The average molecular weight is 302 g/mol. The molecular weight excluding hydrogens is 295 g/mol. The maximum absolute atomic E-state index is 13.0. The van der Waals surface area contributed by atoms with Crippen LogP contribution in [0.5, 0.6) is 0 Å². The highest BCUT2D eigenvalue weighted by Gasteiger charge is 2.15. The van der Waals surface area contributed by atoms with Crippen LogP contribution in [-0.4, -0.2) is 10.9 Å². The molecule has 2 aromatic rings. The first-order valence-electron chi connectivity index (χ1n) is 5.25. The molecule has 0 unspecified atom stereocenters. The number of halogens is 4. The topological polar surface area (TPSA) is 68.0 Å². The number of nitrogens with zero attached hydrogens (tertiary/aromatic N) is 1. The number of amides is 1. The Hall–Kier alpha value is -2.28. The molecule has 1 aromatic heterocycles. The van der Waals surface area contributed by atoms with Gasteiger partial charge in [-0.15, -0.1) is 0 Å². The lowest BCUT2D eigenvalue weighted by Gasteiger charge is -2.07. The normalized spacial score (nSPS) is 10.4. The second-order valence-electron chi connectivity index (χ2n) is 3.82. The number of pyridine rings is 1. The Morgan fingerprint density at radius 1 is 1.20 bits per heavy atom. The molecule has 0 radical (unpaired) electrons. The highest BCUT2D eigenvalue weighted by atomic mass is 35.5. The summed E-state index contributed by atoms with van der Waals surface area (Å²) in [6.07, 6.45) is 1.25. The van der Waals surface area contributed by atoms with Crippen molar-refractivity contribution in [2.75, 3.05) is 11.1 Å². The number of hydrogen-bond acceptors (Lipinski definition) is 3. The number of benzene rings is 1. The molecule has 1 heterocycles. The van der Waals surface area contributed by atoms with Crippen molar-refractivity contribution < 1.29 is 18.0 Å². The molecule has 20 heavy (non-hydrogen) atoms. The van der Waals surface area contributed by atoms with E-state index < -0.39 is 23.4 Å². The van der Waals surface area contributed by atoms with Crippen LogP contribution in [0.4, 0.5) is 24.5 Å². The zero-order chi connectivity index (χ0) is 14.9. The van der Waals surface area contributed by atoms with E-state index in [9.17, 15) is 18.0 Å². The van der Waals surface area contributed by atoms with Crippen molar-refractivity contribution in [2.45, 2.75) is 0 Å². The minimum atomic E-state index is -1.62. The van der Waals surface area contributed by atoms with Gasteiger partial charge in [-0.2, -0.15) is 0 Å². The molecule has 0 aliphatic rings. The summed E-state index contributed by atoms with van der Waals surface area (Å²) in [4.78, 5) is 15.5. The van der Waals surface area contributed by atoms with Crippen molar-refractivity contribution in [3.63, 3.8) is 0 Å². The van der Waals surface area contributed by atoms with Gasteiger partial charge in [0.25, 0.3) is 5.91 Å². The lowest BCUT2D eigenvalue weighted by Crippen LogP contribution is -2.14. The number of nitrogen functional groups attached to an aromatic ring is 1. The molecule has 0 aliphatic heterocycles. The highest BCUT2D eigenvalue weighted by molar-refractivity contribution is 6.33. The van der Waals surface area contributed by atoms with Crippen LogP contribution in [-0.2, 0) is 0 Å². The Bertz CT molecular complexity index is 671. The lowest BCUT2D eigenvalue weighted by molar-refractivity contribution is 0.102. The highest BCUT2D eigenvalue weighted by Crippen LogP contribution is 2.20. The van der Waals surface area contributed by atoms with Crippen LogP contribution in [0.25, 0.3) is 0 Å². The fraction of sp³-hybridized carbons (Fsp3) is 0. The van der Waals surface area contributed by atoms with Crippen molar-refractivity contribution >= 4 is 28.9 Å². The number of carbonyl (C=O) groups is 1. The number of aromatic nitrogens is 1. The van der Waals surface area contributed by atoms with Crippen molar-refractivity contribution in [1.29, 1.82) is 0 Å². The molecular formula is C12H7ClF3N3O.